The maximum Gasteiger partial charge on any atom is 0.338 e. The number of benzene rings is 2. The van der Waals surface area contributed by atoms with Gasteiger partial charge >= 0.3 is 5.97 Å². The van der Waals surface area contributed by atoms with Gasteiger partial charge in [0.15, 0.2) is 24.4 Å². The Hall–Kier alpha value is -2.66. The largest absolute Gasteiger partial charge is 0.454 e. The van der Waals surface area contributed by atoms with Gasteiger partial charge in [-0.1, -0.05) is 11.6 Å². The second-order valence-electron chi connectivity index (χ2n) is 4.54. The van der Waals surface area contributed by atoms with Crippen molar-refractivity contribution in [3.05, 3.63) is 65.0 Å². The molecule has 0 aliphatic heterocycles. The van der Waals surface area contributed by atoms with E-state index in [2.05, 4.69) is 4.98 Å². The van der Waals surface area contributed by atoms with Gasteiger partial charge in [0.1, 0.15) is 5.52 Å². The first-order chi connectivity index (χ1) is 10.6. The van der Waals surface area contributed by atoms with Gasteiger partial charge in [-0.2, -0.15) is 0 Å². The lowest BCUT2D eigenvalue weighted by atomic mass is 10.1. The molecule has 1 heterocycles. The molecule has 0 radical (unpaired) electrons. The fraction of sp³-hybridized carbons (Fsp3) is 0.0625. The molecule has 3 aromatic rings. The van der Waals surface area contributed by atoms with Crippen LogP contribution in [0.5, 0.6) is 0 Å². The summed E-state index contributed by atoms with van der Waals surface area (Å²) in [6, 6.07) is 11.1. The number of hydrogen-bond donors (Lipinski definition) is 0. The number of carbonyl (C=O) groups is 2. The fourth-order valence-electron chi connectivity index (χ4n) is 1.92. The Bertz CT molecular complexity index is 839. The van der Waals surface area contributed by atoms with Crippen LogP contribution in [0.2, 0.25) is 5.02 Å². The molecule has 0 aliphatic rings. The Morgan fingerprint density at radius 3 is 2.59 bits per heavy atom. The molecule has 0 saturated heterocycles. The summed E-state index contributed by atoms with van der Waals surface area (Å²) in [4.78, 5) is 27.8. The lowest BCUT2D eigenvalue weighted by molar-refractivity contribution is 0.0475. The molecule has 0 spiro atoms. The number of ketones is 1. The van der Waals surface area contributed by atoms with E-state index < -0.39 is 5.97 Å². The van der Waals surface area contributed by atoms with E-state index in [1.165, 1.54) is 6.39 Å². The Labute approximate surface area is 130 Å². The SMILES string of the molecule is O=C(COC(=O)c1ccc2ocnc2c1)c1ccc(Cl)cc1. The summed E-state index contributed by atoms with van der Waals surface area (Å²) >= 11 is 5.75. The van der Waals surface area contributed by atoms with E-state index in [-0.39, 0.29) is 12.4 Å². The number of esters is 1. The minimum atomic E-state index is -0.591. The van der Waals surface area contributed by atoms with Crippen LogP contribution in [0, 0.1) is 0 Å². The molecule has 5 nitrogen and oxygen atoms in total. The van der Waals surface area contributed by atoms with E-state index in [0.29, 0.717) is 27.2 Å². The van der Waals surface area contributed by atoms with E-state index in [4.69, 9.17) is 20.8 Å². The first kappa shape index (κ1) is 14.3. The standard InChI is InChI=1S/C16H10ClNO4/c17-12-4-1-10(2-5-12)14(19)8-21-16(20)11-3-6-15-13(7-11)18-9-22-15/h1-7,9H,8H2. The van der Waals surface area contributed by atoms with E-state index in [9.17, 15) is 9.59 Å². The lowest BCUT2D eigenvalue weighted by Crippen LogP contribution is -2.14. The zero-order valence-electron chi connectivity index (χ0n) is 11.3. The van der Waals surface area contributed by atoms with Crippen LogP contribution in [-0.2, 0) is 4.74 Å². The monoisotopic (exact) mass is 315 g/mol. The van der Waals surface area contributed by atoms with E-state index in [1.54, 1.807) is 42.5 Å². The Morgan fingerprint density at radius 2 is 1.82 bits per heavy atom. The van der Waals surface area contributed by atoms with Gasteiger partial charge in [0.2, 0.25) is 0 Å². The number of rotatable bonds is 4. The third kappa shape index (κ3) is 2.99. The molecule has 3 rings (SSSR count). The summed E-state index contributed by atoms with van der Waals surface area (Å²) in [5.41, 5.74) is 1.88. The van der Waals surface area contributed by atoms with Crippen molar-refractivity contribution in [2.45, 2.75) is 0 Å². The normalized spacial score (nSPS) is 10.6. The summed E-state index contributed by atoms with van der Waals surface area (Å²) in [5.74, 6) is -0.889. The van der Waals surface area contributed by atoms with Crippen molar-refractivity contribution in [2.75, 3.05) is 6.61 Å². The number of carbonyl (C=O) groups excluding carboxylic acids is 2. The number of aromatic nitrogens is 1. The number of hydrogen-bond acceptors (Lipinski definition) is 5. The molecule has 0 fully saturated rings. The molecule has 0 N–H and O–H groups in total. The molecule has 0 bridgehead atoms. The lowest BCUT2D eigenvalue weighted by Gasteiger charge is -2.04. The van der Waals surface area contributed by atoms with Crippen LogP contribution in [0.1, 0.15) is 20.7 Å². The third-order valence-corrected chi connectivity index (χ3v) is 3.32. The molecular weight excluding hydrogens is 306 g/mol. The van der Waals surface area contributed by atoms with Crippen molar-refractivity contribution in [1.29, 1.82) is 0 Å². The first-order valence-corrected chi connectivity index (χ1v) is 6.80. The highest BCUT2D eigenvalue weighted by atomic mass is 35.5. The van der Waals surface area contributed by atoms with Crippen LogP contribution in [-0.4, -0.2) is 23.3 Å². The molecule has 0 unspecified atom stereocenters. The van der Waals surface area contributed by atoms with Crippen molar-refractivity contribution in [3.8, 4) is 0 Å². The molecule has 0 atom stereocenters. The van der Waals surface area contributed by atoms with Crippen LogP contribution in [0.25, 0.3) is 11.1 Å². The molecular formula is C16H10ClNO4. The number of oxazole rings is 1. The smallest absolute Gasteiger partial charge is 0.338 e. The van der Waals surface area contributed by atoms with Gasteiger partial charge in [0, 0.05) is 10.6 Å². The van der Waals surface area contributed by atoms with Crippen LogP contribution in [0.15, 0.2) is 53.3 Å². The summed E-state index contributed by atoms with van der Waals surface area (Å²) in [5, 5.41) is 0.537. The number of nitrogens with zero attached hydrogens (tertiary/aromatic N) is 1. The van der Waals surface area contributed by atoms with Crippen molar-refractivity contribution >= 4 is 34.5 Å². The van der Waals surface area contributed by atoms with Gasteiger partial charge in [0.25, 0.3) is 0 Å². The first-order valence-electron chi connectivity index (χ1n) is 6.42. The highest BCUT2D eigenvalue weighted by Crippen LogP contribution is 2.15. The molecule has 0 amide bonds. The Morgan fingerprint density at radius 1 is 1.09 bits per heavy atom. The summed E-state index contributed by atoms with van der Waals surface area (Å²) in [6.45, 7) is -0.336. The molecule has 1 aromatic heterocycles. The van der Waals surface area contributed by atoms with Crippen LogP contribution in [0.4, 0.5) is 0 Å². The highest BCUT2D eigenvalue weighted by molar-refractivity contribution is 6.30. The number of halogens is 1. The second kappa shape index (κ2) is 5.99. The van der Waals surface area contributed by atoms with Gasteiger partial charge in [-0.25, -0.2) is 9.78 Å². The molecule has 0 aliphatic carbocycles. The number of fused-ring (bicyclic) bond motifs is 1. The molecule has 22 heavy (non-hydrogen) atoms. The van der Waals surface area contributed by atoms with E-state index in [0.717, 1.165) is 0 Å². The topological polar surface area (TPSA) is 69.4 Å². The van der Waals surface area contributed by atoms with Crippen molar-refractivity contribution < 1.29 is 18.7 Å². The summed E-state index contributed by atoms with van der Waals surface area (Å²) in [7, 11) is 0. The van der Waals surface area contributed by atoms with Crippen molar-refractivity contribution in [3.63, 3.8) is 0 Å². The van der Waals surface area contributed by atoms with Crippen molar-refractivity contribution in [2.24, 2.45) is 0 Å². The predicted octanol–water partition coefficient (Wildman–Crippen LogP) is 3.52. The minimum absolute atomic E-state index is 0.299. The average molecular weight is 316 g/mol. The van der Waals surface area contributed by atoms with Gasteiger partial charge in [-0.05, 0) is 42.5 Å². The minimum Gasteiger partial charge on any atom is -0.454 e. The third-order valence-electron chi connectivity index (χ3n) is 3.07. The molecule has 6 heteroatoms. The maximum absolute atomic E-state index is 11.9. The molecule has 0 saturated carbocycles. The average Bonchev–Trinajstić information content (AvgIpc) is 3.00. The zero-order chi connectivity index (χ0) is 15.5. The van der Waals surface area contributed by atoms with Gasteiger partial charge in [-0.3, -0.25) is 4.79 Å². The van der Waals surface area contributed by atoms with Gasteiger partial charge in [0.05, 0.1) is 5.56 Å². The number of ether oxygens (including phenoxy) is 1. The Balaban J connectivity index is 1.66. The summed E-state index contributed by atoms with van der Waals surface area (Å²) in [6.07, 6.45) is 1.30. The maximum atomic E-state index is 11.9. The quantitative estimate of drug-likeness (QED) is 0.544. The zero-order valence-corrected chi connectivity index (χ0v) is 12.0. The van der Waals surface area contributed by atoms with Crippen LogP contribution in [0.3, 0.4) is 0 Å². The van der Waals surface area contributed by atoms with Gasteiger partial charge in [-0.15, -0.1) is 0 Å². The summed E-state index contributed by atoms with van der Waals surface area (Å²) < 4.78 is 10.1. The number of Topliss-reactive ketones (excluding diaryl/α,β-unsaturated/α-hetero) is 1. The van der Waals surface area contributed by atoms with Crippen LogP contribution >= 0.6 is 11.6 Å². The van der Waals surface area contributed by atoms with Crippen LogP contribution < -0.4 is 0 Å². The van der Waals surface area contributed by atoms with E-state index >= 15 is 0 Å². The van der Waals surface area contributed by atoms with E-state index in [1.807, 2.05) is 0 Å². The Kier molecular flexibility index (Phi) is 3.89. The predicted molar refractivity (Wildman–Crippen MR) is 80.1 cm³/mol. The molecule has 2 aromatic carbocycles. The fourth-order valence-corrected chi connectivity index (χ4v) is 2.04. The van der Waals surface area contributed by atoms with Crippen molar-refractivity contribution in [1.82, 2.24) is 4.98 Å². The molecule has 110 valence electrons. The second-order valence-corrected chi connectivity index (χ2v) is 4.98. The van der Waals surface area contributed by atoms with Gasteiger partial charge < -0.3 is 9.15 Å². The highest BCUT2D eigenvalue weighted by Gasteiger charge is 2.13.